The number of nitrogens with one attached hydrogen (secondary N) is 1. The maximum atomic E-state index is 12.6. The van der Waals surface area contributed by atoms with Crippen LogP contribution in [-0.2, 0) is 13.2 Å². The maximum absolute atomic E-state index is 12.6. The molecule has 0 unspecified atom stereocenters. The molecular formula is C12H12F3N3OS. The average Bonchev–Trinajstić information content (AvgIpc) is 2.84. The number of carbonyl (C=O) groups is 1. The Morgan fingerprint density at radius 2 is 2.00 bits per heavy atom. The molecule has 0 saturated heterocycles. The number of aryl methyl sites for hydroxylation is 3. The molecule has 2 aromatic rings. The van der Waals surface area contributed by atoms with Crippen LogP contribution in [0.15, 0.2) is 12.1 Å². The third-order valence-corrected chi connectivity index (χ3v) is 3.97. The fourth-order valence-corrected chi connectivity index (χ4v) is 2.52. The van der Waals surface area contributed by atoms with Gasteiger partial charge in [0.2, 0.25) is 0 Å². The third-order valence-electron chi connectivity index (χ3n) is 2.77. The largest absolute Gasteiger partial charge is 0.425 e. The monoisotopic (exact) mass is 303 g/mol. The van der Waals surface area contributed by atoms with Crippen LogP contribution in [0.4, 0.5) is 18.2 Å². The summed E-state index contributed by atoms with van der Waals surface area (Å²) in [7, 11) is 1.68. The number of hydrogen-bond donors (Lipinski definition) is 1. The first-order valence-corrected chi connectivity index (χ1v) is 6.49. The highest BCUT2D eigenvalue weighted by Crippen LogP contribution is 2.39. The van der Waals surface area contributed by atoms with E-state index in [2.05, 4.69) is 10.4 Å². The number of hydrogen-bond acceptors (Lipinski definition) is 3. The summed E-state index contributed by atoms with van der Waals surface area (Å²) in [4.78, 5) is 11.2. The third kappa shape index (κ3) is 2.84. The van der Waals surface area contributed by atoms with Crippen LogP contribution in [0.2, 0.25) is 0 Å². The van der Waals surface area contributed by atoms with Crippen LogP contribution in [-0.4, -0.2) is 15.7 Å². The molecule has 1 N–H and O–H groups in total. The zero-order valence-corrected chi connectivity index (χ0v) is 11.8. The molecule has 8 heteroatoms. The van der Waals surface area contributed by atoms with Crippen molar-refractivity contribution in [1.29, 1.82) is 0 Å². The van der Waals surface area contributed by atoms with Gasteiger partial charge in [0.25, 0.3) is 5.91 Å². The quantitative estimate of drug-likeness (QED) is 0.924. The Morgan fingerprint density at radius 1 is 1.35 bits per heavy atom. The van der Waals surface area contributed by atoms with Gasteiger partial charge in [-0.2, -0.15) is 18.3 Å². The molecule has 0 aliphatic carbocycles. The number of aromatic nitrogens is 2. The summed E-state index contributed by atoms with van der Waals surface area (Å²) in [6.45, 7) is 3.30. The van der Waals surface area contributed by atoms with E-state index in [1.807, 2.05) is 0 Å². The molecule has 1 amide bonds. The molecule has 0 radical (unpaired) electrons. The Bertz CT molecular complexity index is 638. The van der Waals surface area contributed by atoms with E-state index in [1.165, 1.54) is 11.6 Å². The molecule has 2 aromatic heterocycles. The van der Waals surface area contributed by atoms with Crippen molar-refractivity contribution in [3.05, 3.63) is 34.0 Å². The number of thiophene rings is 1. The summed E-state index contributed by atoms with van der Waals surface area (Å²) in [6, 6.07) is 2.59. The van der Waals surface area contributed by atoms with E-state index in [-0.39, 0.29) is 10.7 Å². The first-order valence-electron chi connectivity index (χ1n) is 5.68. The van der Waals surface area contributed by atoms with Crippen LogP contribution in [0, 0.1) is 13.8 Å². The molecule has 0 atom stereocenters. The summed E-state index contributed by atoms with van der Waals surface area (Å²) in [6.07, 6.45) is -4.40. The van der Waals surface area contributed by atoms with E-state index in [4.69, 9.17) is 0 Å². The first-order chi connectivity index (χ1) is 9.18. The van der Waals surface area contributed by atoms with Gasteiger partial charge in [-0.25, -0.2) is 0 Å². The van der Waals surface area contributed by atoms with Gasteiger partial charge >= 0.3 is 6.18 Å². The summed E-state index contributed by atoms with van der Waals surface area (Å²) in [5.74, 6) is -0.521. The SMILES string of the molecule is Cc1cc(C(F)(F)F)sc1NC(=O)c1cc(C)n(C)n1. The van der Waals surface area contributed by atoms with Gasteiger partial charge in [-0.05, 0) is 31.5 Å². The van der Waals surface area contributed by atoms with Crippen molar-refractivity contribution >= 4 is 22.2 Å². The number of alkyl halides is 3. The molecular weight excluding hydrogens is 291 g/mol. The van der Waals surface area contributed by atoms with Gasteiger partial charge in [0, 0.05) is 12.7 Å². The topological polar surface area (TPSA) is 46.9 Å². The molecule has 0 aliphatic rings. The Balaban J connectivity index is 2.22. The highest BCUT2D eigenvalue weighted by Gasteiger charge is 2.33. The Morgan fingerprint density at radius 3 is 2.45 bits per heavy atom. The van der Waals surface area contributed by atoms with Gasteiger partial charge in [0.05, 0.1) is 5.00 Å². The maximum Gasteiger partial charge on any atom is 0.425 e. The van der Waals surface area contributed by atoms with Crippen molar-refractivity contribution in [1.82, 2.24) is 9.78 Å². The van der Waals surface area contributed by atoms with Crippen molar-refractivity contribution in [2.45, 2.75) is 20.0 Å². The van der Waals surface area contributed by atoms with Crippen molar-refractivity contribution < 1.29 is 18.0 Å². The minimum Gasteiger partial charge on any atom is -0.312 e. The molecule has 0 bridgehead atoms. The minimum absolute atomic E-state index is 0.173. The second kappa shape index (κ2) is 4.93. The fraction of sp³-hybridized carbons (Fsp3) is 0.333. The highest BCUT2D eigenvalue weighted by atomic mass is 32.1. The zero-order valence-electron chi connectivity index (χ0n) is 11.0. The number of halogens is 3. The van der Waals surface area contributed by atoms with E-state index < -0.39 is 17.0 Å². The van der Waals surface area contributed by atoms with Crippen molar-refractivity contribution in [2.75, 3.05) is 5.32 Å². The molecule has 2 heterocycles. The molecule has 0 fully saturated rings. The predicted octanol–water partition coefficient (Wildman–Crippen LogP) is 3.37. The van der Waals surface area contributed by atoms with Crippen LogP contribution in [0.3, 0.4) is 0 Å². The van der Waals surface area contributed by atoms with Crippen molar-refractivity contribution in [3.63, 3.8) is 0 Å². The van der Waals surface area contributed by atoms with Gasteiger partial charge in [0.1, 0.15) is 4.88 Å². The number of nitrogens with zero attached hydrogens (tertiary/aromatic N) is 2. The van der Waals surface area contributed by atoms with Crippen LogP contribution < -0.4 is 5.32 Å². The molecule has 0 aliphatic heterocycles. The summed E-state index contributed by atoms with van der Waals surface area (Å²) in [5.41, 5.74) is 1.34. The second-order valence-electron chi connectivity index (χ2n) is 4.37. The number of carbonyl (C=O) groups excluding carboxylic acids is 1. The van der Waals surface area contributed by atoms with Crippen LogP contribution in [0.25, 0.3) is 0 Å². The summed E-state index contributed by atoms with van der Waals surface area (Å²) in [5, 5.41) is 6.63. The molecule has 0 saturated carbocycles. The zero-order chi connectivity index (χ0) is 15.1. The molecule has 4 nitrogen and oxygen atoms in total. The van der Waals surface area contributed by atoms with Gasteiger partial charge in [-0.15, -0.1) is 11.3 Å². The van der Waals surface area contributed by atoms with Crippen molar-refractivity contribution in [3.8, 4) is 0 Å². The van der Waals surface area contributed by atoms with Gasteiger partial charge < -0.3 is 5.32 Å². The van der Waals surface area contributed by atoms with Gasteiger partial charge in [-0.3, -0.25) is 9.48 Å². The lowest BCUT2D eigenvalue weighted by atomic mass is 10.3. The number of rotatable bonds is 2. The van der Waals surface area contributed by atoms with Gasteiger partial charge in [0.15, 0.2) is 5.69 Å². The summed E-state index contributed by atoms with van der Waals surface area (Å²) >= 11 is 0.509. The van der Waals surface area contributed by atoms with E-state index in [0.717, 1.165) is 11.8 Å². The fourth-order valence-electron chi connectivity index (χ4n) is 1.58. The van der Waals surface area contributed by atoms with Crippen LogP contribution in [0.5, 0.6) is 0 Å². The van der Waals surface area contributed by atoms with E-state index in [0.29, 0.717) is 16.9 Å². The van der Waals surface area contributed by atoms with Gasteiger partial charge in [-0.1, -0.05) is 0 Å². The molecule has 2 rings (SSSR count). The lowest BCUT2D eigenvalue weighted by Crippen LogP contribution is -2.12. The molecule has 108 valence electrons. The van der Waals surface area contributed by atoms with E-state index >= 15 is 0 Å². The molecule has 0 aromatic carbocycles. The second-order valence-corrected chi connectivity index (χ2v) is 5.42. The van der Waals surface area contributed by atoms with E-state index in [1.54, 1.807) is 20.0 Å². The first kappa shape index (κ1) is 14.6. The highest BCUT2D eigenvalue weighted by molar-refractivity contribution is 7.16. The predicted molar refractivity (Wildman–Crippen MR) is 70.0 cm³/mol. The van der Waals surface area contributed by atoms with E-state index in [9.17, 15) is 18.0 Å². The van der Waals surface area contributed by atoms with Crippen LogP contribution >= 0.6 is 11.3 Å². The Hall–Kier alpha value is -1.83. The molecule has 0 spiro atoms. The Labute approximate surface area is 117 Å². The lowest BCUT2D eigenvalue weighted by molar-refractivity contribution is -0.134. The van der Waals surface area contributed by atoms with Crippen LogP contribution in [0.1, 0.15) is 26.6 Å². The average molecular weight is 303 g/mol. The van der Waals surface area contributed by atoms with Crippen molar-refractivity contribution in [2.24, 2.45) is 7.05 Å². The normalized spacial score (nSPS) is 11.7. The molecule has 20 heavy (non-hydrogen) atoms. The standard InChI is InChI=1S/C12H12F3N3OS/c1-6-4-9(12(13,14)15)20-11(6)16-10(19)8-5-7(2)18(3)17-8/h4-5H,1-3H3,(H,16,19). The smallest absolute Gasteiger partial charge is 0.312 e. The number of amides is 1. The Kier molecular flexibility index (Phi) is 3.59. The minimum atomic E-state index is -4.40. The number of anilines is 1. The lowest BCUT2D eigenvalue weighted by Gasteiger charge is -2.02. The summed E-state index contributed by atoms with van der Waals surface area (Å²) < 4.78 is 39.3.